The van der Waals surface area contributed by atoms with Crippen LogP contribution in [-0.2, 0) is 13.2 Å². The standard InChI is InChI=1S/C16H14ClNO3/c1-20-15-4-3-12(6-13(15)8-18)10-21-16-5-2-11(9-19)7-14(16)17/h2-7,19H,9-10H2,1H3. The normalized spacial score (nSPS) is 10.0. The van der Waals surface area contributed by atoms with Crippen LogP contribution in [-0.4, -0.2) is 12.2 Å². The summed E-state index contributed by atoms with van der Waals surface area (Å²) in [6.07, 6.45) is 0. The van der Waals surface area contributed by atoms with Gasteiger partial charge in [-0.15, -0.1) is 0 Å². The van der Waals surface area contributed by atoms with Gasteiger partial charge in [0.1, 0.15) is 24.2 Å². The molecule has 0 saturated heterocycles. The van der Waals surface area contributed by atoms with Crippen LogP contribution in [0.1, 0.15) is 16.7 Å². The summed E-state index contributed by atoms with van der Waals surface area (Å²) in [6, 6.07) is 12.5. The molecule has 0 aliphatic rings. The lowest BCUT2D eigenvalue weighted by Crippen LogP contribution is -1.98. The SMILES string of the molecule is COc1ccc(COc2ccc(CO)cc2Cl)cc1C#N. The predicted molar refractivity (Wildman–Crippen MR) is 79.4 cm³/mol. The molecule has 0 aromatic heterocycles. The van der Waals surface area contributed by atoms with Crippen molar-refractivity contribution in [1.82, 2.24) is 0 Å². The lowest BCUT2D eigenvalue weighted by Gasteiger charge is -2.10. The molecule has 0 aliphatic carbocycles. The van der Waals surface area contributed by atoms with Crippen LogP contribution in [0.15, 0.2) is 36.4 Å². The van der Waals surface area contributed by atoms with Crippen LogP contribution in [0.2, 0.25) is 5.02 Å². The molecule has 0 amide bonds. The molecule has 0 spiro atoms. The van der Waals surface area contributed by atoms with Crippen molar-refractivity contribution in [2.45, 2.75) is 13.2 Å². The molecule has 0 radical (unpaired) electrons. The van der Waals surface area contributed by atoms with Gasteiger partial charge in [-0.25, -0.2) is 0 Å². The highest BCUT2D eigenvalue weighted by atomic mass is 35.5. The van der Waals surface area contributed by atoms with Gasteiger partial charge in [-0.3, -0.25) is 0 Å². The summed E-state index contributed by atoms with van der Waals surface area (Å²) < 4.78 is 10.7. The largest absolute Gasteiger partial charge is 0.495 e. The monoisotopic (exact) mass is 303 g/mol. The van der Waals surface area contributed by atoms with Crippen LogP contribution < -0.4 is 9.47 Å². The van der Waals surface area contributed by atoms with Gasteiger partial charge in [0.05, 0.1) is 24.3 Å². The van der Waals surface area contributed by atoms with E-state index < -0.39 is 0 Å². The summed E-state index contributed by atoms with van der Waals surface area (Å²) in [7, 11) is 1.52. The molecule has 0 bridgehead atoms. The number of halogens is 1. The minimum Gasteiger partial charge on any atom is -0.495 e. The number of nitrogens with zero attached hydrogens (tertiary/aromatic N) is 1. The third-order valence-corrected chi connectivity index (χ3v) is 3.25. The number of ether oxygens (including phenoxy) is 2. The van der Waals surface area contributed by atoms with Gasteiger partial charge in [0.15, 0.2) is 0 Å². The zero-order valence-corrected chi connectivity index (χ0v) is 12.2. The van der Waals surface area contributed by atoms with Crippen molar-refractivity contribution in [2.24, 2.45) is 0 Å². The quantitative estimate of drug-likeness (QED) is 0.920. The number of aliphatic hydroxyl groups is 1. The number of benzene rings is 2. The van der Waals surface area contributed by atoms with Crippen LogP contribution in [0.25, 0.3) is 0 Å². The van der Waals surface area contributed by atoms with E-state index in [4.69, 9.17) is 31.4 Å². The number of nitriles is 1. The van der Waals surface area contributed by atoms with Crippen molar-refractivity contribution in [3.8, 4) is 17.6 Å². The van der Waals surface area contributed by atoms with Crippen molar-refractivity contribution < 1.29 is 14.6 Å². The van der Waals surface area contributed by atoms with Crippen LogP contribution >= 0.6 is 11.6 Å². The van der Waals surface area contributed by atoms with Crippen LogP contribution in [0.4, 0.5) is 0 Å². The zero-order chi connectivity index (χ0) is 15.2. The second-order valence-corrected chi connectivity index (χ2v) is 4.77. The fourth-order valence-corrected chi connectivity index (χ4v) is 2.11. The van der Waals surface area contributed by atoms with Crippen molar-refractivity contribution in [3.63, 3.8) is 0 Å². The molecule has 4 nitrogen and oxygen atoms in total. The summed E-state index contributed by atoms with van der Waals surface area (Å²) in [6.45, 7) is 0.223. The van der Waals surface area contributed by atoms with E-state index in [0.29, 0.717) is 22.1 Å². The van der Waals surface area contributed by atoms with E-state index in [0.717, 1.165) is 11.1 Å². The Morgan fingerprint density at radius 3 is 2.48 bits per heavy atom. The summed E-state index contributed by atoms with van der Waals surface area (Å²) in [4.78, 5) is 0. The van der Waals surface area contributed by atoms with Crippen molar-refractivity contribution in [1.29, 1.82) is 5.26 Å². The van der Waals surface area contributed by atoms with Crippen LogP contribution in [0, 0.1) is 11.3 Å². The number of hydrogen-bond acceptors (Lipinski definition) is 4. The second kappa shape index (κ2) is 6.98. The number of rotatable bonds is 5. The summed E-state index contributed by atoms with van der Waals surface area (Å²) >= 11 is 6.07. The molecule has 108 valence electrons. The smallest absolute Gasteiger partial charge is 0.138 e. The van der Waals surface area contributed by atoms with E-state index in [1.807, 2.05) is 6.07 Å². The third kappa shape index (κ3) is 3.66. The van der Waals surface area contributed by atoms with Crippen LogP contribution in [0.5, 0.6) is 11.5 Å². The average Bonchev–Trinajstić information content (AvgIpc) is 2.53. The molecule has 2 rings (SSSR count). The Bertz CT molecular complexity index is 680. The van der Waals surface area contributed by atoms with E-state index in [-0.39, 0.29) is 13.2 Å². The Morgan fingerprint density at radius 2 is 1.86 bits per heavy atom. The molecular weight excluding hydrogens is 290 g/mol. The van der Waals surface area contributed by atoms with E-state index >= 15 is 0 Å². The molecule has 0 saturated carbocycles. The van der Waals surface area contributed by atoms with Gasteiger partial charge in [0.2, 0.25) is 0 Å². The summed E-state index contributed by atoms with van der Waals surface area (Å²) in [5, 5.41) is 18.5. The maximum Gasteiger partial charge on any atom is 0.138 e. The first-order chi connectivity index (χ1) is 10.2. The maximum atomic E-state index is 9.05. The first-order valence-corrected chi connectivity index (χ1v) is 6.65. The minimum atomic E-state index is -0.0655. The molecule has 21 heavy (non-hydrogen) atoms. The summed E-state index contributed by atoms with van der Waals surface area (Å²) in [5.74, 6) is 1.06. The summed E-state index contributed by atoms with van der Waals surface area (Å²) in [5.41, 5.74) is 2.03. The predicted octanol–water partition coefficient (Wildman–Crippen LogP) is 3.29. The molecular formula is C16H14ClNO3. The average molecular weight is 304 g/mol. The van der Waals surface area contributed by atoms with E-state index in [1.54, 1.807) is 30.3 Å². The Balaban J connectivity index is 2.11. The molecule has 0 atom stereocenters. The van der Waals surface area contributed by atoms with E-state index in [2.05, 4.69) is 6.07 Å². The lowest BCUT2D eigenvalue weighted by atomic mass is 10.1. The highest BCUT2D eigenvalue weighted by molar-refractivity contribution is 6.32. The fourth-order valence-electron chi connectivity index (χ4n) is 1.85. The first-order valence-electron chi connectivity index (χ1n) is 6.27. The van der Waals surface area contributed by atoms with Crippen LogP contribution in [0.3, 0.4) is 0 Å². The molecule has 0 heterocycles. The molecule has 2 aromatic carbocycles. The van der Waals surface area contributed by atoms with Gasteiger partial charge in [-0.05, 0) is 35.4 Å². The zero-order valence-electron chi connectivity index (χ0n) is 11.5. The number of aliphatic hydroxyl groups excluding tert-OH is 1. The molecule has 5 heteroatoms. The van der Waals surface area contributed by atoms with Crippen molar-refractivity contribution in [3.05, 3.63) is 58.1 Å². The maximum absolute atomic E-state index is 9.05. The van der Waals surface area contributed by atoms with Gasteiger partial charge in [-0.2, -0.15) is 5.26 Å². The molecule has 1 N–H and O–H groups in total. The van der Waals surface area contributed by atoms with Gasteiger partial charge in [0, 0.05) is 0 Å². The second-order valence-electron chi connectivity index (χ2n) is 4.36. The molecule has 0 unspecified atom stereocenters. The van der Waals surface area contributed by atoms with E-state index in [1.165, 1.54) is 7.11 Å². The Morgan fingerprint density at radius 1 is 1.14 bits per heavy atom. The lowest BCUT2D eigenvalue weighted by molar-refractivity contribution is 0.280. The van der Waals surface area contributed by atoms with Gasteiger partial charge in [-0.1, -0.05) is 23.7 Å². The molecule has 0 aliphatic heterocycles. The van der Waals surface area contributed by atoms with Crippen molar-refractivity contribution in [2.75, 3.05) is 7.11 Å². The first kappa shape index (κ1) is 15.2. The topological polar surface area (TPSA) is 62.5 Å². The number of hydrogen-bond donors (Lipinski definition) is 1. The Labute approximate surface area is 128 Å². The van der Waals surface area contributed by atoms with Gasteiger partial charge >= 0.3 is 0 Å². The Hall–Kier alpha value is -2.22. The third-order valence-electron chi connectivity index (χ3n) is 2.96. The molecule has 0 fully saturated rings. The number of methoxy groups -OCH3 is 1. The highest BCUT2D eigenvalue weighted by Crippen LogP contribution is 2.27. The highest BCUT2D eigenvalue weighted by Gasteiger charge is 2.06. The fraction of sp³-hybridized carbons (Fsp3) is 0.188. The van der Waals surface area contributed by atoms with E-state index in [9.17, 15) is 0 Å². The van der Waals surface area contributed by atoms with Gasteiger partial charge < -0.3 is 14.6 Å². The minimum absolute atomic E-state index is 0.0655. The van der Waals surface area contributed by atoms with Crippen molar-refractivity contribution >= 4 is 11.6 Å². The Kier molecular flexibility index (Phi) is 5.04. The molecule has 2 aromatic rings. The van der Waals surface area contributed by atoms with Gasteiger partial charge in [0.25, 0.3) is 0 Å².